The molecule has 2 heterocycles. The first-order valence-corrected chi connectivity index (χ1v) is 9.78. The van der Waals surface area contributed by atoms with Crippen LogP contribution >= 0.6 is 0 Å². The van der Waals surface area contributed by atoms with Crippen molar-refractivity contribution in [3.8, 4) is 11.5 Å². The molecule has 0 aliphatic rings. The number of hydrogen-bond acceptors (Lipinski definition) is 4. The summed E-state index contributed by atoms with van der Waals surface area (Å²) in [5.74, 6) is 1.29. The van der Waals surface area contributed by atoms with Gasteiger partial charge in [-0.1, -0.05) is 18.5 Å². The molecule has 0 saturated carbocycles. The number of hydrogen-bond donors (Lipinski definition) is 1. The van der Waals surface area contributed by atoms with Crippen molar-refractivity contribution < 1.29 is 27.2 Å². The fourth-order valence-corrected chi connectivity index (χ4v) is 3.42. The Hall–Kier alpha value is -3.16. The van der Waals surface area contributed by atoms with E-state index in [4.69, 9.17) is 14.0 Å². The number of ether oxygens (including phenoxy) is 2. The lowest BCUT2D eigenvalue weighted by Gasteiger charge is -2.12. The molecule has 5 nitrogen and oxygen atoms in total. The predicted molar refractivity (Wildman–Crippen MR) is 107 cm³/mol. The van der Waals surface area contributed by atoms with Crippen LogP contribution in [0, 0.1) is 0 Å². The number of aryl methyl sites for hydroxylation is 1. The number of benzene rings is 2. The molecule has 30 heavy (non-hydrogen) atoms. The second-order valence-electron chi connectivity index (χ2n) is 6.98. The Bertz CT molecular complexity index is 1150. The number of alkyl halides is 3. The van der Waals surface area contributed by atoms with Crippen LogP contribution in [0.25, 0.3) is 21.9 Å². The van der Waals surface area contributed by atoms with Gasteiger partial charge < -0.3 is 19.0 Å². The quantitative estimate of drug-likeness (QED) is 0.350. The van der Waals surface area contributed by atoms with Gasteiger partial charge in [-0.3, -0.25) is 0 Å². The van der Waals surface area contributed by atoms with Crippen LogP contribution in [0.15, 0.2) is 47.1 Å². The van der Waals surface area contributed by atoms with E-state index in [1.165, 1.54) is 6.07 Å². The minimum Gasteiger partial charge on any atom is -0.493 e. The molecule has 0 aliphatic carbocycles. The largest absolute Gasteiger partial charge is 0.493 e. The first-order valence-electron chi connectivity index (χ1n) is 9.78. The number of aromatic amines is 1. The van der Waals surface area contributed by atoms with Gasteiger partial charge in [0.05, 0.1) is 18.6 Å². The van der Waals surface area contributed by atoms with Crippen LogP contribution in [0.3, 0.4) is 0 Å². The summed E-state index contributed by atoms with van der Waals surface area (Å²) < 4.78 is 55.9. The maximum atomic E-state index is 13.1. The van der Waals surface area contributed by atoms with E-state index in [-0.39, 0.29) is 11.0 Å². The zero-order chi connectivity index (χ0) is 21.1. The summed E-state index contributed by atoms with van der Waals surface area (Å²) in [6, 6.07) is 10.7. The zero-order valence-electron chi connectivity index (χ0n) is 16.4. The molecule has 0 saturated heterocycles. The Morgan fingerprint density at radius 1 is 1.07 bits per heavy atom. The van der Waals surface area contributed by atoms with Gasteiger partial charge in [-0.15, -0.1) is 0 Å². The van der Waals surface area contributed by atoms with E-state index in [2.05, 4.69) is 10.1 Å². The van der Waals surface area contributed by atoms with Crippen molar-refractivity contribution in [2.75, 3.05) is 13.2 Å². The van der Waals surface area contributed by atoms with Gasteiger partial charge >= 0.3 is 6.18 Å². The Labute approximate surface area is 170 Å². The fraction of sp³-hybridized carbons (Fsp3) is 0.318. The summed E-state index contributed by atoms with van der Waals surface area (Å²) in [5.41, 5.74) is 0.786. The Kier molecular flexibility index (Phi) is 5.57. The van der Waals surface area contributed by atoms with Crippen molar-refractivity contribution >= 4 is 21.9 Å². The van der Waals surface area contributed by atoms with Gasteiger partial charge in [0.15, 0.2) is 11.3 Å². The summed E-state index contributed by atoms with van der Waals surface area (Å²) in [7, 11) is 0. The highest BCUT2D eigenvalue weighted by molar-refractivity contribution is 5.85. The number of H-pyrrole nitrogens is 1. The zero-order valence-corrected chi connectivity index (χ0v) is 16.4. The third kappa shape index (κ3) is 4.08. The molecule has 8 heteroatoms. The van der Waals surface area contributed by atoms with Gasteiger partial charge in [-0.25, -0.2) is 0 Å². The molecule has 0 aliphatic heterocycles. The first kappa shape index (κ1) is 20.1. The van der Waals surface area contributed by atoms with Crippen LogP contribution in [-0.2, 0) is 12.6 Å². The molecule has 2 aromatic carbocycles. The van der Waals surface area contributed by atoms with E-state index in [1.807, 2.05) is 37.4 Å². The van der Waals surface area contributed by atoms with Gasteiger partial charge in [0.1, 0.15) is 11.5 Å². The van der Waals surface area contributed by atoms with E-state index >= 15 is 0 Å². The highest BCUT2D eigenvalue weighted by Crippen LogP contribution is 2.38. The molecule has 0 spiro atoms. The molecular formula is C22H21F3N2O3. The van der Waals surface area contributed by atoms with Crippen LogP contribution in [0.2, 0.25) is 0 Å². The molecule has 0 atom stereocenters. The molecule has 0 amide bonds. The lowest BCUT2D eigenvalue weighted by molar-refractivity contribution is -0.141. The Morgan fingerprint density at radius 3 is 2.70 bits per heavy atom. The van der Waals surface area contributed by atoms with E-state index in [0.717, 1.165) is 23.1 Å². The lowest BCUT2D eigenvalue weighted by Crippen LogP contribution is -2.07. The van der Waals surface area contributed by atoms with Gasteiger partial charge in [0.2, 0.25) is 0 Å². The van der Waals surface area contributed by atoms with Crippen molar-refractivity contribution in [1.29, 1.82) is 0 Å². The topological polar surface area (TPSA) is 60.3 Å². The molecule has 158 valence electrons. The third-order valence-corrected chi connectivity index (χ3v) is 4.81. The van der Waals surface area contributed by atoms with Crippen molar-refractivity contribution in [2.45, 2.75) is 32.4 Å². The number of halogens is 3. The molecule has 0 radical (unpaired) electrons. The van der Waals surface area contributed by atoms with Gasteiger partial charge in [0, 0.05) is 29.1 Å². The second-order valence-corrected chi connectivity index (χ2v) is 6.98. The van der Waals surface area contributed by atoms with E-state index in [1.54, 1.807) is 6.07 Å². The second kappa shape index (κ2) is 8.30. The van der Waals surface area contributed by atoms with Crippen LogP contribution in [0.5, 0.6) is 11.5 Å². The smallest absolute Gasteiger partial charge is 0.437 e. The molecule has 0 bridgehead atoms. The number of rotatable bonds is 8. The number of aromatic nitrogens is 2. The molecular weight excluding hydrogens is 397 g/mol. The lowest BCUT2D eigenvalue weighted by atomic mass is 10.0. The van der Waals surface area contributed by atoms with E-state index in [0.29, 0.717) is 37.4 Å². The molecule has 0 unspecified atom stereocenters. The first-order chi connectivity index (χ1) is 14.5. The third-order valence-electron chi connectivity index (χ3n) is 4.81. The average Bonchev–Trinajstić information content (AvgIpc) is 3.35. The standard InChI is InChI=1S/C22H21F3N2O3/c1-2-4-16-19(8-6-17-20(16)30-27-21(17)22(23,24)25)29-12-3-11-28-15-5-7-18-14(13-15)9-10-26-18/h5-10,13,26H,2-4,11-12H2,1H3. The van der Waals surface area contributed by atoms with Gasteiger partial charge in [-0.05, 0) is 42.8 Å². The van der Waals surface area contributed by atoms with Crippen LogP contribution < -0.4 is 9.47 Å². The molecule has 2 aromatic heterocycles. The van der Waals surface area contributed by atoms with Gasteiger partial charge in [-0.2, -0.15) is 13.2 Å². The Morgan fingerprint density at radius 2 is 1.90 bits per heavy atom. The maximum Gasteiger partial charge on any atom is 0.437 e. The van der Waals surface area contributed by atoms with E-state index < -0.39 is 11.9 Å². The normalized spacial score (nSPS) is 12.0. The SMILES string of the molecule is CCCc1c(OCCCOc2ccc3[nH]ccc3c2)ccc2c(C(F)(F)F)noc12. The van der Waals surface area contributed by atoms with Gasteiger partial charge in [0.25, 0.3) is 0 Å². The minimum absolute atomic E-state index is 0.0400. The van der Waals surface area contributed by atoms with Crippen molar-refractivity contribution in [1.82, 2.24) is 10.1 Å². The van der Waals surface area contributed by atoms with Crippen molar-refractivity contribution in [3.63, 3.8) is 0 Å². The molecule has 4 rings (SSSR count). The van der Waals surface area contributed by atoms with E-state index in [9.17, 15) is 13.2 Å². The number of nitrogens with zero attached hydrogens (tertiary/aromatic N) is 1. The highest BCUT2D eigenvalue weighted by atomic mass is 19.4. The Balaban J connectivity index is 1.39. The number of fused-ring (bicyclic) bond motifs is 2. The fourth-order valence-electron chi connectivity index (χ4n) is 3.42. The van der Waals surface area contributed by atoms with Crippen molar-refractivity contribution in [2.24, 2.45) is 0 Å². The average molecular weight is 418 g/mol. The minimum atomic E-state index is -4.56. The molecule has 4 aromatic rings. The van der Waals surface area contributed by atoms with Crippen LogP contribution in [0.1, 0.15) is 31.0 Å². The van der Waals surface area contributed by atoms with Crippen LogP contribution in [-0.4, -0.2) is 23.4 Å². The predicted octanol–water partition coefficient (Wildman–Crippen LogP) is 6.13. The summed E-state index contributed by atoms with van der Waals surface area (Å²) in [4.78, 5) is 3.13. The monoisotopic (exact) mass is 418 g/mol. The maximum absolute atomic E-state index is 13.1. The van der Waals surface area contributed by atoms with Crippen LogP contribution in [0.4, 0.5) is 13.2 Å². The summed E-state index contributed by atoms with van der Waals surface area (Å²) in [6.07, 6.45) is -0.787. The summed E-state index contributed by atoms with van der Waals surface area (Å²) in [6.45, 7) is 2.77. The number of nitrogens with one attached hydrogen (secondary N) is 1. The van der Waals surface area contributed by atoms with Crippen molar-refractivity contribution in [3.05, 3.63) is 53.9 Å². The molecule has 0 fully saturated rings. The highest BCUT2D eigenvalue weighted by Gasteiger charge is 2.37. The summed E-state index contributed by atoms with van der Waals surface area (Å²) in [5, 5.41) is 4.27. The molecule has 1 N–H and O–H groups in total. The summed E-state index contributed by atoms with van der Waals surface area (Å²) >= 11 is 0.